The largest absolute Gasteiger partial charge is 0.481 e. The van der Waals surface area contributed by atoms with Gasteiger partial charge in [-0.25, -0.2) is 4.39 Å². The average molecular weight is 263 g/mol. The summed E-state index contributed by atoms with van der Waals surface area (Å²) in [4.78, 5) is 22.5. The number of benzene rings is 1. The fourth-order valence-corrected chi connectivity index (χ4v) is 2.05. The standard InChI is InChI=1S/C12H10FN3O3/c13-5-1-2-9-8(3-5)10(16-15-9)14-11(17)6-4-7(6)12(18)19/h1-3,6-7H,4H2,(H,18,19)(H2,14,15,16,17)/t6-,7-/m1/s1. The molecule has 1 aliphatic carbocycles. The molecular weight excluding hydrogens is 253 g/mol. The summed E-state index contributed by atoms with van der Waals surface area (Å²) in [5.74, 6) is -2.74. The maximum absolute atomic E-state index is 13.1. The molecular formula is C12H10FN3O3. The van der Waals surface area contributed by atoms with E-state index >= 15 is 0 Å². The molecule has 2 aromatic rings. The molecule has 3 N–H and O–H groups in total. The maximum atomic E-state index is 13.1. The van der Waals surface area contributed by atoms with Crippen LogP contribution in [0, 0.1) is 17.7 Å². The van der Waals surface area contributed by atoms with Crippen molar-refractivity contribution in [3.63, 3.8) is 0 Å². The van der Waals surface area contributed by atoms with Crippen LogP contribution < -0.4 is 5.32 Å². The summed E-state index contributed by atoms with van der Waals surface area (Å²) >= 11 is 0. The minimum atomic E-state index is -0.974. The number of fused-ring (bicyclic) bond motifs is 1. The average Bonchev–Trinajstić information content (AvgIpc) is 3.09. The van der Waals surface area contributed by atoms with Crippen molar-refractivity contribution in [2.45, 2.75) is 6.42 Å². The first-order valence-electron chi connectivity index (χ1n) is 5.73. The molecule has 0 unspecified atom stereocenters. The molecule has 0 saturated heterocycles. The molecule has 1 aromatic carbocycles. The number of carboxylic acid groups (broad SMARTS) is 1. The minimum absolute atomic E-state index is 0.218. The van der Waals surface area contributed by atoms with Crippen LogP contribution in [0.1, 0.15) is 6.42 Å². The van der Waals surface area contributed by atoms with E-state index in [-0.39, 0.29) is 5.82 Å². The number of rotatable bonds is 3. The number of nitrogens with zero attached hydrogens (tertiary/aromatic N) is 1. The monoisotopic (exact) mass is 263 g/mol. The van der Waals surface area contributed by atoms with Crippen LogP contribution in [-0.2, 0) is 9.59 Å². The van der Waals surface area contributed by atoms with Gasteiger partial charge in [-0.05, 0) is 24.6 Å². The van der Waals surface area contributed by atoms with Crippen molar-refractivity contribution >= 4 is 28.6 Å². The lowest BCUT2D eigenvalue weighted by Crippen LogP contribution is -2.17. The van der Waals surface area contributed by atoms with Crippen LogP contribution in [-0.4, -0.2) is 27.2 Å². The Labute approximate surface area is 106 Å². The van der Waals surface area contributed by atoms with Crippen molar-refractivity contribution in [1.82, 2.24) is 10.2 Å². The zero-order chi connectivity index (χ0) is 13.6. The Morgan fingerprint density at radius 2 is 2.21 bits per heavy atom. The number of carbonyl (C=O) groups is 2. The lowest BCUT2D eigenvalue weighted by atomic mass is 10.2. The number of aromatic amines is 1. The molecule has 1 aliphatic rings. The molecule has 1 fully saturated rings. The zero-order valence-electron chi connectivity index (χ0n) is 9.68. The van der Waals surface area contributed by atoms with Crippen LogP contribution in [0.5, 0.6) is 0 Å². The summed E-state index contributed by atoms with van der Waals surface area (Å²) in [5, 5.41) is 18.3. The molecule has 1 aromatic heterocycles. The highest BCUT2D eigenvalue weighted by molar-refractivity contribution is 6.03. The summed E-state index contributed by atoms with van der Waals surface area (Å²) in [6.45, 7) is 0. The minimum Gasteiger partial charge on any atom is -0.481 e. The van der Waals surface area contributed by atoms with Gasteiger partial charge in [-0.3, -0.25) is 14.7 Å². The molecule has 19 heavy (non-hydrogen) atoms. The van der Waals surface area contributed by atoms with Gasteiger partial charge in [0, 0.05) is 5.39 Å². The highest BCUT2D eigenvalue weighted by Crippen LogP contribution is 2.39. The molecule has 0 bridgehead atoms. The van der Waals surface area contributed by atoms with Gasteiger partial charge in [-0.15, -0.1) is 0 Å². The van der Waals surface area contributed by atoms with E-state index in [1.54, 1.807) is 0 Å². The molecule has 1 amide bonds. The van der Waals surface area contributed by atoms with Crippen molar-refractivity contribution in [2.24, 2.45) is 11.8 Å². The maximum Gasteiger partial charge on any atom is 0.307 e. The van der Waals surface area contributed by atoms with E-state index in [2.05, 4.69) is 15.5 Å². The molecule has 2 atom stereocenters. The van der Waals surface area contributed by atoms with Gasteiger partial charge in [0.1, 0.15) is 5.82 Å². The molecule has 98 valence electrons. The first-order chi connectivity index (χ1) is 9.06. The topological polar surface area (TPSA) is 95.1 Å². The van der Waals surface area contributed by atoms with Gasteiger partial charge in [0.15, 0.2) is 5.82 Å². The number of carbonyl (C=O) groups excluding carboxylic acids is 1. The second-order valence-electron chi connectivity index (χ2n) is 4.54. The van der Waals surface area contributed by atoms with Crippen molar-refractivity contribution < 1.29 is 19.1 Å². The van der Waals surface area contributed by atoms with Gasteiger partial charge in [-0.1, -0.05) is 0 Å². The molecule has 6 nitrogen and oxygen atoms in total. The normalized spacial score (nSPS) is 21.3. The molecule has 1 saturated carbocycles. The second kappa shape index (κ2) is 4.04. The molecule has 1 heterocycles. The number of hydrogen-bond acceptors (Lipinski definition) is 3. The number of halogens is 1. The van der Waals surface area contributed by atoms with E-state index < -0.39 is 29.5 Å². The molecule has 0 aliphatic heterocycles. The quantitative estimate of drug-likeness (QED) is 0.779. The van der Waals surface area contributed by atoms with E-state index in [0.717, 1.165) is 0 Å². The van der Waals surface area contributed by atoms with E-state index in [1.807, 2.05) is 0 Å². The number of aliphatic carboxylic acids is 1. The Morgan fingerprint density at radius 1 is 1.42 bits per heavy atom. The van der Waals surface area contributed by atoms with Crippen molar-refractivity contribution in [3.05, 3.63) is 24.0 Å². The first-order valence-corrected chi connectivity index (χ1v) is 5.73. The summed E-state index contributed by atoms with van der Waals surface area (Å²) in [7, 11) is 0. The summed E-state index contributed by atoms with van der Waals surface area (Å²) in [6.07, 6.45) is 0.331. The van der Waals surface area contributed by atoms with E-state index in [0.29, 0.717) is 17.3 Å². The Bertz CT molecular complexity index is 682. The van der Waals surface area contributed by atoms with E-state index in [9.17, 15) is 14.0 Å². The Morgan fingerprint density at radius 3 is 2.89 bits per heavy atom. The lowest BCUT2D eigenvalue weighted by Gasteiger charge is -2.00. The zero-order valence-corrected chi connectivity index (χ0v) is 9.68. The summed E-state index contributed by atoms with van der Waals surface area (Å²) in [5.41, 5.74) is 0.599. The van der Waals surface area contributed by atoms with Crippen LogP contribution in [0.25, 0.3) is 10.9 Å². The van der Waals surface area contributed by atoms with Gasteiger partial charge >= 0.3 is 5.97 Å². The van der Waals surface area contributed by atoms with Gasteiger partial charge in [0.25, 0.3) is 0 Å². The van der Waals surface area contributed by atoms with Crippen LogP contribution >= 0.6 is 0 Å². The van der Waals surface area contributed by atoms with Crippen molar-refractivity contribution in [2.75, 3.05) is 5.32 Å². The highest BCUT2D eigenvalue weighted by Gasteiger charge is 2.48. The number of nitrogens with one attached hydrogen (secondary N) is 2. The third-order valence-corrected chi connectivity index (χ3v) is 3.21. The summed E-state index contributed by atoms with van der Waals surface area (Å²) < 4.78 is 13.1. The molecule has 7 heteroatoms. The molecule has 0 radical (unpaired) electrons. The van der Waals surface area contributed by atoms with Gasteiger partial charge in [0.05, 0.1) is 17.4 Å². The third kappa shape index (κ3) is 2.03. The smallest absolute Gasteiger partial charge is 0.307 e. The Balaban J connectivity index is 1.80. The lowest BCUT2D eigenvalue weighted by molar-refractivity contribution is -0.139. The van der Waals surface area contributed by atoms with Gasteiger partial charge in [-0.2, -0.15) is 5.10 Å². The number of amides is 1. The van der Waals surface area contributed by atoms with Crippen molar-refractivity contribution in [1.29, 1.82) is 0 Å². The van der Waals surface area contributed by atoms with Gasteiger partial charge in [0.2, 0.25) is 5.91 Å². The Hall–Kier alpha value is -2.44. The number of hydrogen-bond donors (Lipinski definition) is 3. The number of anilines is 1. The Kier molecular flexibility index (Phi) is 2.48. The molecule has 3 rings (SSSR count). The van der Waals surface area contributed by atoms with Crippen LogP contribution in [0.2, 0.25) is 0 Å². The predicted octanol–water partition coefficient (Wildman–Crippen LogP) is 1.36. The van der Waals surface area contributed by atoms with Crippen LogP contribution in [0.3, 0.4) is 0 Å². The van der Waals surface area contributed by atoms with Crippen LogP contribution in [0.4, 0.5) is 10.2 Å². The third-order valence-electron chi connectivity index (χ3n) is 3.21. The number of aromatic nitrogens is 2. The fourth-order valence-electron chi connectivity index (χ4n) is 2.05. The van der Waals surface area contributed by atoms with E-state index in [1.165, 1.54) is 18.2 Å². The van der Waals surface area contributed by atoms with Crippen molar-refractivity contribution in [3.8, 4) is 0 Å². The fraction of sp³-hybridized carbons (Fsp3) is 0.250. The number of carboxylic acids is 1. The number of H-pyrrole nitrogens is 1. The highest BCUT2D eigenvalue weighted by atomic mass is 19.1. The van der Waals surface area contributed by atoms with E-state index in [4.69, 9.17) is 5.11 Å². The second-order valence-corrected chi connectivity index (χ2v) is 4.54. The van der Waals surface area contributed by atoms with Gasteiger partial charge < -0.3 is 10.4 Å². The predicted molar refractivity (Wildman–Crippen MR) is 63.9 cm³/mol. The summed E-state index contributed by atoms with van der Waals surface area (Å²) in [6, 6.07) is 4.06. The van der Waals surface area contributed by atoms with Crippen LogP contribution in [0.15, 0.2) is 18.2 Å². The SMILES string of the molecule is O=C(O)[C@@H]1C[C@H]1C(=O)Nc1n[nH]c2ccc(F)cc12. The first kappa shape index (κ1) is 11.6. The molecule has 0 spiro atoms.